The van der Waals surface area contributed by atoms with E-state index in [9.17, 15) is 0 Å². The van der Waals surface area contributed by atoms with Gasteiger partial charge in [-0.2, -0.15) is 0 Å². The lowest BCUT2D eigenvalue weighted by Gasteiger charge is -2.03. The summed E-state index contributed by atoms with van der Waals surface area (Å²) in [6, 6.07) is 20.8. The van der Waals surface area contributed by atoms with E-state index in [0.717, 1.165) is 23.7 Å². The Morgan fingerprint density at radius 2 is 1.54 bits per heavy atom. The topological polar surface area (TPSA) is 53.2 Å². The van der Waals surface area contributed by atoms with Crippen LogP contribution in [0.25, 0.3) is 0 Å². The summed E-state index contributed by atoms with van der Waals surface area (Å²) in [6.45, 7) is 0. The van der Waals surface area contributed by atoms with Crippen molar-refractivity contribution in [2.45, 2.75) is 12.8 Å². The second-order valence-corrected chi connectivity index (χ2v) is 6.43. The van der Waals surface area contributed by atoms with E-state index in [2.05, 4.69) is 58.2 Å². The van der Waals surface area contributed by atoms with Gasteiger partial charge >= 0.3 is 6.34 Å². The number of rotatable bonds is 5. The lowest BCUT2D eigenvalue weighted by molar-refractivity contribution is 0.896. The standard InChI is InChI=1S/C18H14N5S/c1-3-7-14(8-4-1)11-16-17(12-15-9-5-2-6-10-15)24-18(21-16)23-20-13-19-22-23/h1-10H,11-12H2/q+1. The Balaban J connectivity index is 1.66. The Bertz CT molecular complexity index is 800. The van der Waals surface area contributed by atoms with Gasteiger partial charge in [-0.3, -0.25) is 0 Å². The van der Waals surface area contributed by atoms with Gasteiger partial charge in [0.1, 0.15) is 5.10 Å². The number of hydrogen-bond donors (Lipinski definition) is 0. The van der Waals surface area contributed by atoms with Crippen molar-refractivity contribution in [2.75, 3.05) is 5.12 Å². The zero-order valence-corrected chi connectivity index (χ0v) is 13.6. The van der Waals surface area contributed by atoms with Gasteiger partial charge in [-0.05, 0) is 11.1 Å². The van der Waals surface area contributed by atoms with Crippen LogP contribution in [0.2, 0.25) is 0 Å². The highest BCUT2D eigenvalue weighted by Crippen LogP contribution is 2.31. The van der Waals surface area contributed by atoms with E-state index < -0.39 is 0 Å². The van der Waals surface area contributed by atoms with Crippen LogP contribution in [0, 0.1) is 0 Å². The average molecular weight is 332 g/mol. The second kappa shape index (κ2) is 6.66. The van der Waals surface area contributed by atoms with Crippen molar-refractivity contribution in [3.8, 4) is 0 Å². The van der Waals surface area contributed by atoms with E-state index in [-0.39, 0.29) is 0 Å². The SMILES string of the molecule is [C+]1=NN(c2nc(Cc3ccccc3)c(Cc3ccccc3)s2)N=N1. The molecule has 0 amide bonds. The van der Waals surface area contributed by atoms with E-state index >= 15 is 0 Å². The molecule has 1 aliphatic heterocycles. The third kappa shape index (κ3) is 3.20. The van der Waals surface area contributed by atoms with Crippen LogP contribution in [0.1, 0.15) is 21.7 Å². The number of hydrogen-bond acceptors (Lipinski definition) is 6. The number of thiazole rings is 1. The van der Waals surface area contributed by atoms with Crippen LogP contribution < -0.4 is 5.12 Å². The van der Waals surface area contributed by atoms with Gasteiger partial charge in [0.05, 0.1) is 5.69 Å². The first kappa shape index (κ1) is 14.6. The monoisotopic (exact) mass is 332 g/mol. The molecular formula is C18H14N5S+. The summed E-state index contributed by atoms with van der Waals surface area (Å²) in [5.74, 6) is 0. The molecule has 5 nitrogen and oxygen atoms in total. The fraction of sp³-hybridized carbons (Fsp3) is 0.111. The maximum absolute atomic E-state index is 4.74. The number of hydrazone groups is 1. The second-order valence-electron chi connectivity index (χ2n) is 5.37. The summed E-state index contributed by atoms with van der Waals surface area (Å²) in [7, 11) is 0. The minimum atomic E-state index is 0.723. The van der Waals surface area contributed by atoms with Gasteiger partial charge in [0, 0.05) is 22.9 Å². The molecule has 0 N–H and O–H groups in total. The molecule has 1 aromatic heterocycles. The van der Waals surface area contributed by atoms with Crippen LogP contribution >= 0.6 is 11.3 Å². The normalized spacial score (nSPS) is 12.6. The molecule has 3 aromatic rings. The zero-order valence-electron chi connectivity index (χ0n) is 12.8. The molecule has 24 heavy (non-hydrogen) atoms. The third-order valence-corrected chi connectivity index (χ3v) is 4.74. The Hall–Kier alpha value is -2.95. The van der Waals surface area contributed by atoms with E-state index in [1.807, 2.05) is 24.3 Å². The third-order valence-electron chi connectivity index (χ3n) is 3.67. The fourth-order valence-corrected chi connectivity index (χ4v) is 3.54. The predicted molar refractivity (Wildman–Crippen MR) is 95.4 cm³/mol. The molecule has 2 heterocycles. The van der Waals surface area contributed by atoms with Crippen molar-refractivity contribution in [3.63, 3.8) is 0 Å². The first-order valence-electron chi connectivity index (χ1n) is 7.61. The van der Waals surface area contributed by atoms with Gasteiger partial charge in [0.2, 0.25) is 5.13 Å². The molecule has 0 spiro atoms. The van der Waals surface area contributed by atoms with Crippen LogP contribution in [0.3, 0.4) is 0 Å². The summed E-state index contributed by atoms with van der Waals surface area (Å²) < 4.78 is 0. The summed E-state index contributed by atoms with van der Waals surface area (Å²) in [4.78, 5) is 5.96. The van der Waals surface area contributed by atoms with E-state index in [1.165, 1.54) is 21.1 Å². The van der Waals surface area contributed by atoms with Crippen LogP contribution in [0.5, 0.6) is 0 Å². The molecule has 1 aliphatic rings. The highest BCUT2D eigenvalue weighted by Gasteiger charge is 2.23. The van der Waals surface area contributed by atoms with Gasteiger partial charge in [0.25, 0.3) is 0 Å². The van der Waals surface area contributed by atoms with Crippen molar-refractivity contribution >= 4 is 22.8 Å². The molecule has 2 aromatic carbocycles. The minimum absolute atomic E-state index is 0.723. The summed E-state index contributed by atoms with van der Waals surface area (Å²) in [5.41, 5.74) is 3.56. The number of anilines is 1. The molecule has 0 bridgehead atoms. The van der Waals surface area contributed by atoms with Gasteiger partial charge < -0.3 is 0 Å². The Labute approximate surface area is 144 Å². The fourth-order valence-electron chi connectivity index (χ4n) is 2.53. The molecule has 0 fully saturated rings. The maximum atomic E-state index is 4.74. The van der Waals surface area contributed by atoms with E-state index in [1.54, 1.807) is 11.3 Å². The maximum Gasteiger partial charge on any atom is 0.599 e. The summed E-state index contributed by atoms with van der Waals surface area (Å²) in [5, 5.41) is 13.7. The molecule has 116 valence electrons. The smallest absolute Gasteiger partial charge is 0.221 e. The van der Waals surface area contributed by atoms with Crippen molar-refractivity contribution in [1.82, 2.24) is 4.98 Å². The Kier molecular flexibility index (Phi) is 4.06. The van der Waals surface area contributed by atoms with Crippen molar-refractivity contribution in [1.29, 1.82) is 0 Å². The first-order valence-corrected chi connectivity index (χ1v) is 8.43. The number of benzene rings is 2. The quantitative estimate of drug-likeness (QED) is 0.653. The predicted octanol–water partition coefficient (Wildman–Crippen LogP) is 4.33. The van der Waals surface area contributed by atoms with Crippen LogP contribution in [-0.2, 0) is 12.8 Å². The Morgan fingerprint density at radius 3 is 2.17 bits per heavy atom. The molecule has 0 saturated heterocycles. The summed E-state index contributed by atoms with van der Waals surface area (Å²) in [6.07, 6.45) is 4.11. The van der Waals surface area contributed by atoms with Gasteiger partial charge in [-0.25, -0.2) is 4.98 Å². The Morgan fingerprint density at radius 1 is 0.875 bits per heavy atom. The number of aromatic nitrogens is 1. The molecule has 0 aliphatic carbocycles. The number of nitrogens with zero attached hydrogens (tertiary/aromatic N) is 5. The van der Waals surface area contributed by atoms with E-state index in [4.69, 9.17) is 4.98 Å². The van der Waals surface area contributed by atoms with Crippen molar-refractivity contribution in [3.05, 3.63) is 82.4 Å². The molecule has 4 rings (SSSR count). The molecule has 0 saturated carbocycles. The van der Waals surface area contributed by atoms with Crippen LogP contribution in [0.4, 0.5) is 5.13 Å². The van der Waals surface area contributed by atoms with Gasteiger partial charge in [-0.15, -0.1) is 0 Å². The minimum Gasteiger partial charge on any atom is -0.221 e. The molecule has 6 heteroatoms. The zero-order chi connectivity index (χ0) is 16.2. The van der Waals surface area contributed by atoms with Crippen LogP contribution in [0.15, 0.2) is 76.1 Å². The van der Waals surface area contributed by atoms with Crippen molar-refractivity contribution < 1.29 is 0 Å². The lowest BCUT2D eigenvalue weighted by Crippen LogP contribution is -2.02. The highest BCUT2D eigenvalue weighted by atomic mass is 32.1. The van der Waals surface area contributed by atoms with Gasteiger partial charge in [0.15, 0.2) is 5.11 Å². The average Bonchev–Trinajstić information content (AvgIpc) is 3.27. The van der Waals surface area contributed by atoms with Gasteiger partial charge in [-0.1, -0.05) is 77.1 Å². The molecular weight excluding hydrogens is 318 g/mol. The summed E-state index contributed by atoms with van der Waals surface area (Å²) >= 11 is 1.60. The van der Waals surface area contributed by atoms with Crippen LogP contribution in [-0.4, -0.2) is 11.3 Å². The molecule has 0 unspecified atom stereocenters. The first-order chi connectivity index (χ1) is 11.9. The van der Waals surface area contributed by atoms with Crippen molar-refractivity contribution in [2.24, 2.45) is 15.4 Å². The molecule has 0 radical (unpaired) electrons. The highest BCUT2D eigenvalue weighted by molar-refractivity contribution is 7.15. The van der Waals surface area contributed by atoms with E-state index in [0.29, 0.717) is 0 Å². The lowest BCUT2D eigenvalue weighted by atomic mass is 10.1. The molecule has 0 atom stereocenters. The largest absolute Gasteiger partial charge is 0.599 e.